The number of carbonyl (C=O) groups is 1. The first-order valence-corrected chi connectivity index (χ1v) is 7.97. The predicted molar refractivity (Wildman–Crippen MR) is 89.7 cm³/mol. The molecule has 2 atom stereocenters. The van der Waals surface area contributed by atoms with Crippen LogP contribution in [0.5, 0.6) is 0 Å². The number of rotatable bonds is 2. The highest BCUT2D eigenvalue weighted by Gasteiger charge is 2.37. The van der Waals surface area contributed by atoms with Crippen LogP contribution in [0.15, 0.2) is 24.7 Å². The van der Waals surface area contributed by atoms with Crippen molar-refractivity contribution in [2.45, 2.75) is 38.5 Å². The van der Waals surface area contributed by atoms with Crippen LogP contribution in [0.1, 0.15) is 32.4 Å². The number of aliphatic hydroxyl groups is 1. The first kappa shape index (κ1) is 16.7. The standard InChI is InChI=1S/C16H19ClN4O3/c1-16(2,3)24-15(23)21-9(7-22)4-5-11(21)10-6-18-13-12(10)19-8-20-14(13)17/h4-6,8-9,11,18,22H,7H2,1-3H3/t9-,11?/m0/s1. The molecule has 1 aliphatic rings. The number of aromatic amines is 1. The van der Waals surface area contributed by atoms with Crippen LogP contribution >= 0.6 is 11.6 Å². The Hall–Kier alpha value is -2.12. The van der Waals surface area contributed by atoms with Gasteiger partial charge in [0, 0.05) is 11.8 Å². The van der Waals surface area contributed by atoms with E-state index in [1.165, 1.54) is 11.2 Å². The summed E-state index contributed by atoms with van der Waals surface area (Å²) in [6.45, 7) is 5.21. The lowest BCUT2D eigenvalue weighted by atomic mass is 10.1. The van der Waals surface area contributed by atoms with Crippen molar-refractivity contribution in [2.75, 3.05) is 6.61 Å². The maximum absolute atomic E-state index is 12.6. The number of aliphatic hydroxyl groups excluding tert-OH is 1. The Morgan fingerprint density at radius 2 is 2.17 bits per heavy atom. The van der Waals surface area contributed by atoms with Crippen molar-refractivity contribution in [2.24, 2.45) is 0 Å². The van der Waals surface area contributed by atoms with Crippen molar-refractivity contribution in [3.63, 3.8) is 0 Å². The highest BCUT2D eigenvalue weighted by atomic mass is 35.5. The zero-order valence-corrected chi connectivity index (χ0v) is 14.4. The molecule has 2 N–H and O–H groups in total. The molecule has 7 nitrogen and oxygen atoms in total. The number of fused-ring (bicyclic) bond motifs is 1. The number of nitrogens with one attached hydrogen (secondary N) is 1. The quantitative estimate of drug-likeness (QED) is 0.642. The molecule has 128 valence electrons. The maximum Gasteiger partial charge on any atom is 0.411 e. The third-order valence-corrected chi connectivity index (χ3v) is 4.02. The molecule has 8 heteroatoms. The second-order valence-corrected chi connectivity index (χ2v) is 6.96. The molecule has 0 saturated heterocycles. The molecule has 2 aromatic heterocycles. The first-order valence-electron chi connectivity index (χ1n) is 7.60. The normalized spacial score (nSPS) is 20.8. The zero-order chi connectivity index (χ0) is 17.5. The van der Waals surface area contributed by atoms with Gasteiger partial charge in [0.2, 0.25) is 0 Å². The van der Waals surface area contributed by atoms with Crippen molar-refractivity contribution in [1.82, 2.24) is 19.9 Å². The number of hydrogen-bond donors (Lipinski definition) is 2. The molecule has 0 radical (unpaired) electrons. The fourth-order valence-corrected chi connectivity index (χ4v) is 2.93. The first-order chi connectivity index (χ1) is 11.3. The summed E-state index contributed by atoms with van der Waals surface area (Å²) >= 11 is 6.07. The summed E-state index contributed by atoms with van der Waals surface area (Å²) in [6, 6.07) is -0.858. The van der Waals surface area contributed by atoms with Crippen LogP contribution in [-0.4, -0.2) is 49.3 Å². The van der Waals surface area contributed by atoms with Gasteiger partial charge < -0.3 is 14.8 Å². The lowest BCUT2D eigenvalue weighted by Crippen LogP contribution is -2.43. The van der Waals surface area contributed by atoms with Gasteiger partial charge in [-0.2, -0.15) is 0 Å². The minimum atomic E-state index is -0.629. The van der Waals surface area contributed by atoms with Crippen LogP contribution in [0.25, 0.3) is 11.0 Å². The molecule has 1 aliphatic heterocycles. The Balaban J connectivity index is 2.00. The Morgan fingerprint density at radius 1 is 1.42 bits per heavy atom. The van der Waals surface area contributed by atoms with Crippen LogP contribution in [0.4, 0.5) is 4.79 Å². The molecular weight excluding hydrogens is 332 g/mol. The van der Waals surface area contributed by atoms with E-state index in [2.05, 4.69) is 15.0 Å². The molecule has 0 aliphatic carbocycles. The fraction of sp³-hybridized carbons (Fsp3) is 0.438. The molecule has 1 unspecified atom stereocenters. The number of carbonyl (C=O) groups excluding carboxylic acids is 1. The van der Waals surface area contributed by atoms with E-state index in [0.29, 0.717) is 16.2 Å². The average molecular weight is 351 g/mol. The molecule has 0 saturated carbocycles. The van der Waals surface area contributed by atoms with Crippen molar-refractivity contribution >= 4 is 28.7 Å². The molecule has 1 amide bonds. The van der Waals surface area contributed by atoms with E-state index in [4.69, 9.17) is 16.3 Å². The Labute approximate surface area is 144 Å². The number of halogens is 1. The molecule has 0 fully saturated rings. The van der Waals surface area contributed by atoms with Gasteiger partial charge in [0.05, 0.1) is 24.2 Å². The van der Waals surface area contributed by atoms with Gasteiger partial charge in [-0.05, 0) is 20.8 Å². The van der Waals surface area contributed by atoms with Crippen molar-refractivity contribution < 1.29 is 14.6 Å². The van der Waals surface area contributed by atoms with Gasteiger partial charge in [0.25, 0.3) is 0 Å². The summed E-state index contributed by atoms with van der Waals surface area (Å²) in [6.07, 6.45) is 6.27. The van der Waals surface area contributed by atoms with Crippen molar-refractivity contribution in [1.29, 1.82) is 0 Å². The number of H-pyrrole nitrogens is 1. The van der Waals surface area contributed by atoms with Gasteiger partial charge in [0.1, 0.15) is 17.4 Å². The van der Waals surface area contributed by atoms with E-state index in [9.17, 15) is 9.90 Å². The van der Waals surface area contributed by atoms with Crippen molar-refractivity contribution in [3.8, 4) is 0 Å². The topological polar surface area (TPSA) is 91.3 Å². The molecule has 0 aromatic carbocycles. The van der Waals surface area contributed by atoms with E-state index >= 15 is 0 Å². The van der Waals surface area contributed by atoms with Gasteiger partial charge in [-0.25, -0.2) is 14.8 Å². The zero-order valence-electron chi connectivity index (χ0n) is 13.7. The van der Waals surface area contributed by atoms with Crippen LogP contribution in [0.3, 0.4) is 0 Å². The summed E-state index contributed by atoms with van der Waals surface area (Å²) in [5, 5.41) is 9.92. The van der Waals surface area contributed by atoms with E-state index in [0.717, 1.165) is 5.56 Å². The van der Waals surface area contributed by atoms with E-state index in [-0.39, 0.29) is 6.61 Å². The molecule has 3 rings (SSSR count). The Kier molecular flexibility index (Phi) is 4.23. The molecule has 0 spiro atoms. The molecule has 0 bridgehead atoms. The second-order valence-electron chi connectivity index (χ2n) is 6.60. The average Bonchev–Trinajstić information content (AvgIpc) is 3.09. The smallest absolute Gasteiger partial charge is 0.411 e. The monoisotopic (exact) mass is 350 g/mol. The second kappa shape index (κ2) is 6.07. The number of amides is 1. The fourth-order valence-electron chi connectivity index (χ4n) is 2.75. The molecular formula is C16H19ClN4O3. The van der Waals surface area contributed by atoms with Gasteiger partial charge >= 0.3 is 6.09 Å². The minimum Gasteiger partial charge on any atom is -0.444 e. The van der Waals surface area contributed by atoms with Gasteiger partial charge in [-0.3, -0.25) is 4.90 Å². The molecule has 3 heterocycles. The van der Waals surface area contributed by atoms with Gasteiger partial charge in [-0.1, -0.05) is 23.8 Å². The summed E-state index contributed by atoms with van der Waals surface area (Å²) in [7, 11) is 0. The molecule has 2 aromatic rings. The Morgan fingerprint density at radius 3 is 2.83 bits per heavy atom. The third kappa shape index (κ3) is 2.97. The number of hydrogen-bond acceptors (Lipinski definition) is 5. The Bertz CT molecular complexity index is 796. The highest BCUT2D eigenvalue weighted by molar-refractivity contribution is 6.33. The van der Waals surface area contributed by atoms with Crippen LogP contribution in [0.2, 0.25) is 5.15 Å². The number of aromatic nitrogens is 3. The summed E-state index contributed by atoms with van der Waals surface area (Å²) in [5.41, 5.74) is 1.39. The third-order valence-electron chi connectivity index (χ3n) is 3.73. The lowest BCUT2D eigenvalue weighted by molar-refractivity contribution is 0.0115. The SMILES string of the molecule is CC(C)(C)OC(=O)N1C(c2c[nH]c3c(Cl)ncnc23)C=C[C@H]1CO. The van der Waals surface area contributed by atoms with Crippen LogP contribution in [-0.2, 0) is 4.74 Å². The van der Waals surface area contributed by atoms with E-state index in [1.54, 1.807) is 33.0 Å². The van der Waals surface area contributed by atoms with E-state index in [1.807, 2.05) is 6.08 Å². The van der Waals surface area contributed by atoms with Crippen molar-refractivity contribution in [3.05, 3.63) is 35.4 Å². The number of nitrogens with zero attached hydrogens (tertiary/aromatic N) is 3. The highest BCUT2D eigenvalue weighted by Crippen LogP contribution is 2.36. The van der Waals surface area contributed by atoms with Crippen LogP contribution in [0, 0.1) is 0 Å². The van der Waals surface area contributed by atoms with Crippen LogP contribution < -0.4 is 0 Å². The summed E-state index contributed by atoms with van der Waals surface area (Å²) < 4.78 is 5.48. The lowest BCUT2D eigenvalue weighted by Gasteiger charge is -2.32. The maximum atomic E-state index is 12.6. The van der Waals surface area contributed by atoms with E-state index < -0.39 is 23.8 Å². The number of ether oxygens (including phenoxy) is 1. The predicted octanol–water partition coefficient (Wildman–Crippen LogP) is 2.82. The minimum absolute atomic E-state index is 0.190. The largest absolute Gasteiger partial charge is 0.444 e. The molecule has 24 heavy (non-hydrogen) atoms. The van der Waals surface area contributed by atoms with Gasteiger partial charge in [0.15, 0.2) is 5.15 Å². The summed E-state index contributed by atoms with van der Waals surface area (Å²) in [4.78, 5) is 25.4. The summed E-state index contributed by atoms with van der Waals surface area (Å²) in [5.74, 6) is 0. The van der Waals surface area contributed by atoms with Gasteiger partial charge in [-0.15, -0.1) is 0 Å².